The van der Waals surface area contributed by atoms with Gasteiger partial charge in [-0.05, 0) is 71.9 Å². The van der Waals surface area contributed by atoms with Crippen LogP contribution in [-0.2, 0) is 0 Å². The number of rotatable bonds is 9. The molecule has 0 aliphatic carbocycles. The molecule has 1 aliphatic rings. The molecule has 1 saturated heterocycles. The van der Waals surface area contributed by atoms with Crippen LogP contribution in [0, 0.1) is 5.92 Å². The smallest absolute Gasteiger partial charge is 0.00193 e. The largest absolute Gasteiger partial charge is 0.317 e. The topological polar surface area (TPSA) is 18.5 Å². The summed E-state index contributed by atoms with van der Waals surface area (Å²) in [6, 6.07) is 0. The van der Waals surface area contributed by atoms with Crippen molar-refractivity contribution >= 4 is 0 Å². The average molecular weight is 241 g/mol. The molecule has 1 fully saturated rings. The summed E-state index contributed by atoms with van der Waals surface area (Å²) in [5.74, 6) is 0.906. The van der Waals surface area contributed by atoms with Crippen LogP contribution in [0.15, 0.2) is 0 Å². The lowest BCUT2D eigenvalue weighted by molar-refractivity contribution is 0.269. The van der Waals surface area contributed by atoms with Gasteiger partial charge in [0.25, 0.3) is 0 Å². The first-order chi connectivity index (χ1) is 8.22. The van der Waals surface area contributed by atoms with Crippen LogP contribution in [-0.4, -0.2) is 63.2 Å². The zero-order chi connectivity index (χ0) is 12.5. The maximum absolute atomic E-state index is 3.46. The monoisotopic (exact) mass is 241 g/mol. The summed E-state index contributed by atoms with van der Waals surface area (Å²) in [6.45, 7) is 9.71. The van der Waals surface area contributed by atoms with Crippen LogP contribution in [0.1, 0.15) is 32.6 Å². The highest BCUT2D eigenvalue weighted by molar-refractivity contribution is 4.75. The Balaban J connectivity index is 1.92. The second-order valence-electron chi connectivity index (χ2n) is 5.64. The van der Waals surface area contributed by atoms with E-state index in [0.717, 1.165) is 5.92 Å². The number of nitrogens with one attached hydrogen (secondary N) is 1. The molecule has 0 aromatic carbocycles. The summed E-state index contributed by atoms with van der Waals surface area (Å²) in [7, 11) is 4.51. The zero-order valence-corrected chi connectivity index (χ0v) is 12.0. The first-order valence-electron chi connectivity index (χ1n) is 7.30. The Morgan fingerprint density at radius 3 is 2.76 bits per heavy atom. The number of unbranched alkanes of at least 4 members (excludes halogenated alkanes) is 1. The normalized spacial score (nSPS) is 21.5. The summed E-state index contributed by atoms with van der Waals surface area (Å²) in [5.41, 5.74) is 0. The van der Waals surface area contributed by atoms with E-state index in [2.05, 4.69) is 36.1 Å². The molecule has 3 heteroatoms. The van der Waals surface area contributed by atoms with E-state index in [1.807, 2.05) is 0 Å². The van der Waals surface area contributed by atoms with Gasteiger partial charge in [-0.15, -0.1) is 0 Å². The highest BCUT2D eigenvalue weighted by atomic mass is 15.1. The van der Waals surface area contributed by atoms with Crippen LogP contribution in [0.3, 0.4) is 0 Å². The van der Waals surface area contributed by atoms with Gasteiger partial charge >= 0.3 is 0 Å². The molecule has 0 saturated carbocycles. The number of nitrogens with zero attached hydrogens (tertiary/aromatic N) is 2. The first kappa shape index (κ1) is 14.9. The van der Waals surface area contributed by atoms with Crippen LogP contribution in [0.5, 0.6) is 0 Å². The summed E-state index contributed by atoms with van der Waals surface area (Å²) >= 11 is 0. The van der Waals surface area contributed by atoms with Gasteiger partial charge in [-0.2, -0.15) is 0 Å². The molecule has 1 N–H and O–H groups in total. The molecule has 1 heterocycles. The molecule has 0 aromatic heterocycles. The van der Waals surface area contributed by atoms with E-state index in [0.29, 0.717) is 0 Å². The fraction of sp³-hybridized carbons (Fsp3) is 1.00. The number of likely N-dealkylation sites (tertiary alicyclic amines) is 1. The Kier molecular flexibility index (Phi) is 7.82. The van der Waals surface area contributed by atoms with Crippen LogP contribution in [0.25, 0.3) is 0 Å². The second-order valence-corrected chi connectivity index (χ2v) is 5.64. The Morgan fingerprint density at radius 2 is 2.12 bits per heavy atom. The first-order valence-corrected chi connectivity index (χ1v) is 7.30. The molecule has 102 valence electrons. The molecule has 1 rings (SSSR count). The zero-order valence-electron chi connectivity index (χ0n) is 12.0. The maximum Gasteiger partial charge on any atom is 0.00193 e. The van der Waals surface area contributed by atoms with Crippen molar-refractivity contribution in [3.05, 3.63) is 0 Å². The number of hydrogen-bond donors (Lipinski definition) is 1. The van der Waals surface area contributed by atoms with E-state index >= 15 is 0 Å². The van der Waals surface area contributed by atoms with Gasteiger partial charge in [0.1, 0.15) is 0 Å². The van der Waals surface area contributed by atoms with Gasteiger partial charge < -0.3 is 15.1 Å². The van der Waals surface area contributed by atoms with Crippen LogP contribution >= 0.6 is 0 Å². The van der Waals surface area contributed by atoms with Crippen LogP contribution in [0.2, 0.25) is 0 Å². The van der Waals surface area contributed by atoms with E-state index in [1.165, 1.54) is 65.0 Å². The lowest BCUT2D eigenvalue weighted by atomic mass is 10.1. The third-order valence-corrected chi connectivity index (χ3v) is 3.63. The SMILES string of the molecule is CCCNCCCCN(C)CC1CCN(C)C1. The molecular formula is C14H31N3. The molecule has 0 radical (unpaired) electrons. The predicted molar refractivity (Wildman–Crippen MR) is 75.5 cm³/mol. The summed E-state index contributed by atoms with van der Waals surface area (Å²) < 4.78 is 0. The van der Waals surface area contributed by atoms with E-state index in [-0.39, 0.29) is 0 Å². The van der Waals surface area contributed by atoms with E-state index < -0.39 is 0 Å². The molecule has 0 amide bonds. The van der Waals surface area contributed by atoms with Crippen molar-refractivity contribution in [2.75, 3.05) is 53.4 Å². The van der Waals surface area contributed by atoms with Gasteiger partial charge in [-0.1, -0.05) is 6.92 Å². The minimum atomic E-state index is 0.906. The van der Waals surface area contributed by atoms with Crippen LogP contribution < -0.4 is 5.32 Å². The Bertz CT molecular complexity index is 184. The van der Waals surface area contributed by atoms with E-state index in [4.69, 9.17) is 0 Å². The highest BCUT2D eigenvalue weighted by Gasteiger charge is 2.20. The fourth-order valence-electron chi connectivity index (χ4n) is 2.64. The van der Waals surface area contributed by atoms with Gasteiger partial charge in [-0.25, -0.2) is 0 Å². The van der Waals surface area contributed by atoms with E-state index in [9.17, 15) is 0 Å². The van der Waals surface area contributed by atoms with Gasteiger partial charge in [0.15, 0.2) is 0 Å². The summed E-state index contributed by atoms with van der Waals surface area (Å²) in [4.78, 5) is 4.97. The lowest BCUT2D eigenvalue weighted by Crippen LogP contribution is -2.28. The average Bonchev–Trinajstić information content (AvgIpc) is 2.69. The van der Waals surface area contributed by atoms with Gasteiger partial charge in [0, 0.05) is 13.1 Å². The lowest BCUT2D eigenvalue weighted by Gasteiger charge is -2.20. The van der Waals surface area contributed by atoms with Crippen molar-refractivity contribution in [1.82, 2.24) is 15.1 Å². The van der Waals surface area contributed by atoms with Gasteiger partial charge in [0.2, 0.25) is 0 Å². The highest BCUT2D eigenvalue weighted by Crippen LogP contribution is 2.15. The third-order valence-electron chi connectivity index (χ3n) is 3.63. The predicted octanol–water partition coefficient (Wildman–Crippen LogP) is 1.65. The van der Waals surface area contributed by atoms with Crippen molar-refractivity contribution < 1.29 is 0 Å². The standard InChI is InChI=1S/C14H31N3/c1-4-8-15-9-5-6-10-16(2)12-14-7-11-17(3)13-14/h14-15H,4-13H2,1-3H3. The van der Waals surface area contributed by atoms with Crippen LogP contribution in [0.4, 0.5) is 0 Å². The maximum atomic E-state index is 3.46. The molecule has 1 unspecified atom stereocenters. The van der Waals surface area contributed by atoms with Gasteiger partial charge in [-0.3, -0.25) is 0 Å². The van der Waals surface area contributed by atoms with Gasteiger partial charge in [0.05, 0.1) is 0 Å². The molecule has 17 heavy (non-hydrogen) atoms. The second kappa shape index (κ2) is 8.90. The third kappa shape index (κ3) is 7.02. The van der Waals surface area contributed by atoms with E-state index in [1.54, 1.807) is 0 Å². The van der Waals surface area contributed by atoms with Crippen molar-refractivity contribution in [2.45, 2.75) is 32.6 Å². The minimum Gasteiger partial charge on any atom is -0.317 e. The van der Waals surface area contributed by atoms with Crippen molar-refractivity contribution in [1.29, 1.82) is 0 Å². The summed E-state index contributed by atoms with van der Waals surface area (Å²) in [6.07, 6.45) is 5.28. The molecular weight excluding hydrogens is 210 g/mol. The minimum absolute atomic E-state index is 0.906. The van der Waals surface area contributed by atoms with Crippen molar-refractivity contribution in [2.24, 2.45) is 5.92 Å². The Morgan fingerprint density at radius 1 is 1.29 bits per heavy atom. The molecule has 0 spiro atoms. The number of hydrogen-bond acceptors (Lipinski definition) is 3. The van der Waals surface area contributed by atoms with Crippen molar-refractivity contribution in [3.63, 3.8) is 0 Å². The fourth-order valence-corrected chi connectivity index (χ4v) is 2.64. The molecule has 0 aromatic rings. The molecule has 1 atom stereocenters. The van der Waals surface area contributed by atoms with Crippen molar-refractivity contribution in [3.8, 4) is 0 Å². The Hall–Kier alpha value is -0.120. The molecule has 3 nitrogen and oxygen atoms in total. The molecule has 0 bridgehead atoms. The Labute approximate surface area is 108 Å². The molecule has 1 aliphatic heterocycles. The quantitative estimate of drug-likeness (QED) is 0.619. The summed E-state index contributed by atoms with van der Waals surface area (Å²) in [5, 5.41) is 3.46.